The number of aromatic hydroxyl groups is 3. The van der Waals surface area contributed by atoms with E-state index in [-0.39, 0.29) is 24.5 Å². The fraction of sp³-hybridized carbons (Fsp3) is 0.300. The molecule has 0 bridgehead atoms. The highest BCUT2D eigenvalue weighted by atomic mass is 35.5. The molecule has 1 rings (SSSR count). The zero-order chi connectivity index (χ0) is 13.7. The van der Waals surface area contributed by atoms with Crippen molar-refractivity contribution in [1.82, 2.24) is 10.7 Å². The maximum Gasteiger partial charge on any atom is 0.253 e. The Balaban J connectivity index is 0.00000324. The first-order chi connectivity index (χ1) is 8.51. The summed E-state index contributed by atoms with van der Waals surface area (Å²) in [5.41, 5.74) is 2.13. The molecule has 108 valence electrons. The number of benzene rings is 1. The smallest absolute Gasteiger partial charge is 0.253 e. The lowest BCUT2D eigenvalue weighted by Gasteiger charge is -2.15. The van der Waals surface area contributed by atoms with Crippen molar-refractivity contribution in [1.29, 1.82) is 0 Å². The average molecular weight is 294 g/mol. The molecule has 1 amide bonds. The van der Waals surface area contributed by atoms with Crippen LogP contribution >= 0.6 is 12.4 Å². The molecule has 1 unspecified atom stereocenters. The van der Waals surface area contributed by atoms with E-state index in [2.05, 4.69) is 5.32 Å². The summed E-state index contributed by atoms with van der Waals surface area (Å²) in [5.74, 6) is 2.72. The molecular weight excluding hydrogens is 278 g/mol. The lowest BCUT2D eigenvalue weighted by atomic mass is 10.1. The number of phenolic OH excluding ortho intramolecular Hbond substituents is 3. The van der Waals surface area contributed by atoms with Gasteiger partial charge in [-0.3, -0.25) is 15.5 Å². The molecule has 0 aliphatic carbocycles. The van der Waals surface area contributed by atoms with Gasteiger partial charge in [0.25, 0.3) is 5.91 Å². The number of carbonyl (C=O) groups is 1. The Morgan fingerprint density at radius 3 is 2.42 bits per heavy atom. The predicted octanol–water partition coefficient (Wildman–Crippen LogP) is -1.33. The fourth-order valence-electron chi connectivity index (χ4n) is 1.33. The molecule has 1 aromatic rings. The Hall–Kier alpha value is -1.74. The monoisotopic (exact) mass is 293 g/mol. The van der Waals surface area contributed by atoms with E-state index in [0.717, 1.165) is 0 Å². The second-order valence-electron chi connectivity index (χ2n) is 3.57. The van der Waals surface area contributed by atoms with Crippen molar-refractivity contribution < 1.29 is 25.2 Å². The van der Waals surface area contributed by atoms with Gasteiger partial charge in [0.05, 0.1) is 6.61 Å². The van der Waals surface area contributed by atoms with E-state index in [0.29, 0.717) is 0 Å². The second kappa shape index (κ2) is 7.64. The van der Waals surface area contributed by atoms with E-state index in [1.165, 1.54) is 12.1 Å². The van der Waals surface area contributed by atoms with Crippen molar-refractivity contribution in [3.05, 3.63) is 17.7 Å². The zero-order valence-corrected chi connectivity index (χ0v) is 10.6. The normalized spacial score (nSPS) is 11.5. The topological polar surface area (TPSA) is 148 Å². The van der Waals surface area contributed by atoms with Gasteiger partial charge >= 0.3 is 0 Å². The van der Waals surface area contributed by atoms with Crippen LogP contribution in [0.15, 0.2) is 12.1 Å². The summed E-state index contributed by atoms with van der Waals surface area (Å²) in [4.78, 5) is 11.2. The summed E-state index contributed by atoms with van der Waals surface area (Å²) in [6.07, 6.45) is 0. The molecule has 0 radical (unpaired) electrons. The number of carbonyl (C=O) groups excluding carboxylic acids is 1. The minimum absolute atomic E-state index is 0. The molecule has 0 saturated heterocycles. The van der Waals surface area contributed by atoms with Crippen LogP contribution in [0, 0.1) is 0 Å². The molecule has 0 heterocycles. The zero-order valence-electron chi connectivity index (χ0n) is 9.83. The highest BCUT2D eigenvalue weighted by Crippen LogP contribution is 2.36. The number of aliphatic hydroxyl groups excluding tert-OH is 1. The molecule has 0 fully saturated rings. The number of nitrogens with two attached hydrogens (primary N) is 1. The van der Waals surface area contributed by atoms with Crippen LogP contribution in [0.1, 0.15) is 5.56 Å². The van der Waals surface area contributed by atoms with Crippen LogP contribution in [0.4, 0.5) is 0 Å². The molecule has 0 aromatic heterocycles. The Bertz CT molecular complexity index is 443. The molecule has 1 aromatic carbocycles. The summed E-state index contributed by atoms with van der Waals surface area (Å²) < 4.78 is 0. The molecule has 0 spiro atoms. The minimum atomic E-state index is -0.939. The Labute approximate surface area is 115 Å². The molecule has 8 N–H and O–H groups in total. The SMILES string of the molecule is Cl.NNC(=O)C(CO)NCc1ccc(O)c(O)c1O. The number of aliphatic hydroxyl groups is 1. The van der Waals surface area contributed by atoms with Crippen LogP contribution in [-0.4, -0.2) is 39.0 Å². The molecule has 0 saturated carbocycles. The molecule has 8 nitrogen and oxygen atoms in total. The largest absolute Gasteiger partial charge is 0.504 e. The quantitative estimate of drug-likeness (QED) is 0.154. The van der Waals surface area contributed by atoms with Crippen LogP contribution in [0.2, 0.25) is 0 Å². The average Bonchev–Trinajstić information content (AvgIpc) is 2.38. The lowest BCUT2D eigenvalue weighted by molar-refractivity contribution is -0.124. The van der Waals surface area contributed by atoms with Crippen molar-refractivity contribution in [2.75, 3.05) is 6.61 Å². The molecule has 1 atom stereocenters. The lowest BCUT2D eigenvalue weighted by Crippen LogP contribution is -2.48. The van der Waals surface area contributed by atoms with Gasteiger partial charge in [0, 0.05) is 12.1 Å². The third-order valence-electron chi connectivity index (χ3n) is 2.39. The van der Waals surface area contributed by atoms with E-state index in [1.54, 1.807) is 0 Å². The Kier molecular flexibility index (Phi) is 6.94. The number of amides is 1. The van der Waals surface area contributed by atoms with Gasteiger partial charge in [0.15, 0.2) is 11.5 Å². The van der Waals surface area contributed by atoms with Crippen LogP contribution in [0.25, 0.3) is 0 Å². The summed E-state index contributed by atoms with van der Waals surface area (Å²) in [6, 6.07) is 1.63. The van der Waals surface area contributed by atoms with E-state index in [4.69, 9.17) is 16.1 Å². The number of halogens is 1. The summed E-state index contributed by atoms with van der Waals surface area (Å²) >= 11 is 0. The third kappa shape index (κ3) is 4.14. The number of hydrogen-bond acceptors (Lipinski definition) is 7. The van der Waals surface area contributed by atoms with Crippen molar-refractivity contribution in [2.24, 2.45) is 5.84 Å². The second-order valence-corrected chi connectivity index (χ2v) is 3.57. The predicted molar refractivity (Wildman–Crippen MR) is 68.7 cm³/mol. The van der Waals surface area contributed by atoms with Crippen molar-refractivity contribution in [3.63, 3.8) is 0 Å². The van der Waals surface area contributed by atoms with Gasteiger partial charge < -0.3 is 20.4 Å². The minimum Gasteiger partial charge on any atom is -0.504 e. The Morgan fingerprint density at radius 2 is 1.89 bits per heavy atom. The fourth-order valence-corrected chi connectivity index (χ4v) is 1.33. The Morgan fingerprint density at radius 1 is 1.26 bits per heavy atom. The first kappa shape index (κ1) is 17.3. The van der Waals surface area contributed by atoms with E-state index in [9.17, 15) is 15.0 Å². The van der Waals surface area contributed by atoms with Crippen LogP contribution in [-0.2, 0) is 11.3 Å². The number of hydrazine groups is 1. The summed E-state index contributed by atoms with van der Waals surface area (Å²) in [5, 5.41) is 39.5. The van der Waals surface area contributed by atoms with Gasteiger partial charge in [-0.1, -0.05) is 6.07 Å². The highest BCUT2D eigenvalue weighted by molar-refractivity contribution is 5.85. The van der Waals surface area contributed by atoms with Crippen molar-refractivity contribution in [2.45, 2.75) is 12.6 Å². The van der Waals surface area contributed by atoms with Gasteiger partial charge in [-0.2, -0.15) is 0 Å². The maximum absolute atomic E-state index is 11.2. The standard InChI is InChI=1S/C10H15N3O5.ClH/c11-13-10(18)6(4-14)12-3-5-1-2-7(15)9(17)8(5)16;/h1-2,6,12,14-17H,3-4,11H2,(H,13,18);1H. The number of rotatable bonds is 5. The summed E-state index contributed by atoms with van der Waals surface area (Å²) in [7, 11) is 0. The molecule has 9 heteroatoms. The van der Waals surface area contributed by atoms with Gasteiger partial charge in [0.1, 0.15) is 6.04 Å². The number of hydrogen-bond donors (Lipinski definition) is 7. The van der Waals surface area contributed by atoms with Crippen LogP contribution in [0.5, 0.6) is 17.2 Å². The molecular formula is C10H16ClN3O5. The molecule has 0 aliphatic rings. The van der Waals surface area contributed by atoms with E-state index < -0.39 is 35.8 Å². The van der Waals surface area contributed by atoms with Crippen LogP contribution < -0.4 is 16.6 Å². The van der Waals surface area contributed by atoms with E-state index >= 15 is 0 Å². The van der Waals surface area contributed by atoms with Crippen molar-refractivity contribution in [3.8, 4) is 17.2 Å². The van der Waals surface area contributed by atoms with Crippen molar-refractivity contribution >= 4 is 18.3 Å². The van der Waals surface area contributed by atoms with Gasteiger partial charge in [-0.25, -0.2) is 5.84 Å². The first-order valence-electron chi connectivity index (χ1n) is 5.08. The maximum atomic E-state index is 11.2. The number of nitrogens with one attached hydrogen (secondary N) is 2. The van der Waals surface area contributed by atoms with E-state index in [1.807, 2.05) is 5.43 Å². The molecule has 19 heavy (non-hydrogen) atoms. The van der Waals surface area contributed by atoms with Crippen LogP contribution in [0.3, 0.4) is 0 Å². The third-order valence-corrected chi connectivity index (χ3v) is 2.39. The summed E-state index contributed by atoms with van der Waals surface area (Å²) in [6.45, 7) is -0.480. The number of phenols is 3. The van der Waals surface area contributed by atoms with Gasteiger partial charge in [-0.05, 0) is 6.07 Å². The first-order valence-corrected chi connectivity index (χ1v) is 5.08. The highest BCUT2D eigenvalue weighted by Gasteiger charge is 2.17. The van der Waals surface area contributed by atoms with Gasteiger partial charge in [0.2, 0.25) is 5.75 Å². The molecule has 0 aliphatic heterocycles. The van der Waals surface area contributed by atoms with Gasteiger partial charge in [-0.15, -0.1) is 12.4 Å².